The lowest BCUT2D eigenvalue weighted by Gasteiger charge is -2.18. The number of aryl methyl sites for hydroxylation is 2. The van der Waals surface area contributed by atoms with Gasteiger partial charge in [-0.25, -0.2) is 0 Å². The van der Waals surface area contributed by atoms with Gasteiger partial charge in [-0.2, -0.15) is 0 Å². The van der Waals surface area contributed by atoms with Gasteiger partial charge < -0.3 is 4.74 Å². The van der Waals surface area contributed by atoms with Crippen LogP contribution in [0.2, 0.25) is 0 Å². The third-order valence-electron chi connectivity index (χ3n) is 3.90. The van der Waals surface area contributed by atoms with E-state index in [1.165, 1.54) is 5.56 Å². The molecule has 0 bridgehead atoms. The Morgan fingerprint density at radius 2 is 1.95 bits per heavy atom. The number of carbonyl (C=O) groups is 1. The molecule has 0 amide bonds. The second-order valence-electron chi connectivity index (χ2n) is 5.44. The van der Waals surface area contributed by atoms with E-state index in [1.807, 2.05) is 36.4 Å². The summed E-state index contributed by atoms with van der Waals surface area (Å²) in [6.07, 6.45) is 3.69. The van der Waals surface area contributed by atoms with Crippen LogP contribution in [-0.4, -0.2) is 12.9 Å². The molecule has 1 aliphatic rings. The van der Waals surface area contributed by atoms with E-state index in [0.29, 0.717) is 0 Å². The Morgan fingerprint density at radius 3 is 2.71 bits per heavy atom. The van der Waals surface area contributed by atoms with Crippen molar-refractivity contribution in [3.63, 3.8) is 0 Å². The highest BCUT2D eigenvalue weighted by molar-refractivity contribution is 6.13. The molecule has 0 saturated carbocycles. The molecular formula is C19H18O2. The third kappa shape index (κ3) is 2.75. The topological polar surface area (TPSA) is 26.3 Å². The molecule has 3 rings (SSSR count). The number of hydrogen-bond acceptors (Lipinski definition) is 2. The fourth-order valence-electron chi connectivity index (χ4n) is 2.78. The van der Waals surface area contributed by atoms with E-state index in [1.54, 1.807) is 7.11 Å². The Hall–Kier alpha value is -2.35. The van der Waals surface area contributed by atoms with Crippen LogP contribution in [0.15, 0.2) is 48.0 Å². The fourth-order valence-corrected chi connectivity index (χ4v) is 2.78. The van der Waals surface area contributed by atoms with Gasteiger partial charge in [0.2, 0.25) is 0 Å². The average molecular weight is 278 g/mol. The molecule has 0 aliphatic heterocycles. The van der Waals surface area contributed by atoms with Crippen LogP contribution in [0, 0.1) is 6.92 Å². The molecule has 2 aromatic carbocycles. The molecule has 0 spiro atoms. The minimum Gasteiger partial charge on any atom is -0.497 e. The first-order valence-electron chi connectivity index (χ1n) is 7.16. The Labute approximate surface area is 125 Å². The maximum absolute atomic E-state index is 12.6. The van der Waals surface area contributed by atoms with Gasteiger partial charge in [-0.05, 0) is 55.2 Å². The van der Waals surface area contributed by atoms with Crippen LogP contribution in [0.5, 0.6) is 5.75 Å². The fraction of sp³-hybridized carbons (Fsp3) is 0.211. The van der Waals surface area contributed by atoms with Crippen molar-refractivity contribution < 1.29 is 9.53 Å². The summed E-state index contributed by atoms with van der Waals surface area (Å²) in [6, 6.07) is 13.9. The molecule has 0 aromatic heterocycles. The van der Waals surface area contributed by atoms with Crippen molar-refractivity contribution in [2.45, 2.75) is 19.8 Å². The second-order valence-corrected chi connectivity index (χ2v) is 5.44. The summed E-state index contributed by atoms with van der Waals surface area (Å²) in [5.41, 5.74) is 5.08. The number of hydrogen-bond donors (Lipinski definition) is 0. The number of allylic oxidation sites excluding steroid dienone is 1. The van der Waals surface area contributed by atoms with Crippen LogP contribution in [0.4, 0.5) is 0 Å². The summed E-state index contributed by atoms with van der Waals surface area (Å²) >= 11 is 0. The van der Waals surface area contributed by atoms with Crippen LogP contribution in [-0.2, 0) is 6.42 Å². The zero-order valence-electron chi connectivity index (χ0n) is 12.3. The van der Waals surface area contributed by atoms with Gasteiger partial charge in [-0.1, -0.05) is 29.8 Å². The molecule has 0 heterocycles. The number of rotatable bonds is 2. The van der Waals surface area contributed by atoms with Crippen molar-refractivity contribution in [1.29, 1.82) is 0 Å². The van der Waals surface area contributed by atoms with Crippen LogP contribution < -0.4 is 4.74 Å². The minimum atomic E-state index is 0.139. The normalized spacial score (nSPS) is 15.9. The number of fused-ring (bicyclic) bond motifs is 1. The van der Waals surface area contributed by atoms with Crippen LogP contribution in [0.25, 0.3) is 6.08 Å². The van der Waals surface area contributed by atoms with E-state index in [0.717, 1.165) is 40.9 Å². The molecule has 21 heavy (non-hydrogen) atoms. The molecule has 0 fully saturated rings. The lowest BCUT2D eigenvalue weighted by atomic mass is 9.86. The van der Waals surface area contributed by atoms with Gasteiger partial charge in [0.25, 0.3) is 0 Å². The second kappa shape index (κ2) is 5.57. The van der Waals surface area contributed by atoms with E-state index in [9.17, 15) is 4.79 Å². The molecule has 0 saturated heterocycles. The Kier molecular flexibility index (Phi) is 3.61. The van der Waals surface area contributed by atoms with Crippen molar-refractivity contribution in [2.75, 3.05) is 7.11 Å². The van der Waals surface area contributed by atoms with Crippen molar-refractivity contribution >= 4 is 11.9 Å². The monoisotopic (exact) mass is 278 g/mol. The smallest absolute Gasteiger partial charge is 0.189 e. The molecule has 0 unspecified atom stereocenters. The van der Waals surface area contributed by atoms with Crippen molar-refractivity contribution in [3.05, 3.63) is 70.3 Å². The Bertz CT molecular complexity index is 726. The van der Waals surface area contributed by atoms with Gasteiger partial charge in [-0.3, -0.25) is 4.79 Å². The highest BCUT2D eigenvalue weighted by Gasteiger charge is 2.22. The van der Waals surface area contributed by atoms with Gasteiger partial charge in [0, 0.05) is 11.1 Å². The Morgan fingerprint density at radius 1 is 1.10 bits per heavy atom. The molecular weight excluding hydrogens is 260 g/mol. The maximum atomic E-state index is 12.6. The van der Waals surface area contributed by atoms with E-state index in [2.05, 4.69) is 19.1 Å². The largest absolute Gasteiger partial charge is 0.497 e. The van der Waals surface area contributed by atoms with E-state index in [4.69, 9.17) is 4.74 Å². The lowest BCUT2D eigenvalue weighted by molar-refractivity contribution is 0.102. The third-order valence-corrected chi connectivity index (χ3v) is 3.90. The Balaban J connectivity index is 1.95. The maximum Gasteiger partial charge on any atom is 0.189 e. The lowest BCUT2D eigenvalue weighted by Crippen LogP contribution is -2.14. The van der Waals surface area contributed by atoms with Crippen LogP contribution in [0.3, 0.4) is 0 Å². The van der Waals surface area contributed by atoms with Crippen LogP contribution in [0.1, 0.15) is 33.5 Å². The number of methoxy groups -OCH3 is 1. The number of ether oxygens (including phenoxy) is 1. The zero-order valence-corrected chi connectivity index (χ0v) is 12.3. The predicted molar refractivity (Wildman–Crippen MR) is 84.8 cm³/mol. The van der Waals surface area contributed by atoms with Gasteiger partial charge in [0.1, 0.15) is 5.75 Å². The molecule has 1 aliphatic carbocycles. The molecule has 0 N–H and O–H groups in total. The van der Waals surface area contributed by atoms with Gasteiger partial charge in [-0.15, -0.1) is 0 Å². The van der Waals surface area contributed by atoms with Crippen molar-refractivity contribution in [2.24, 2.45) is 0 Å². The minimum absolute atomic E-state index is 0.139. The predicted octanol–water partition coefficient (Wildman–Crippen LogP) is 4.22. The number of carbonyl (C=O) groups excluding carboxylic acids is 1. The summed E-state index contributed by atoms with van der Waals surface area (Å²) in [6.45, 7) is 2.06. The number of Topliss-reactive ketones (excluding diaryl/α,β-unsaturated/α-hetero) is 1. The first-order chi connectivity index (χ1) is 10.2. The molecule has 0 radical (unpaired) electrons. The standard InChI is InChI=1S/C19H18O2/c1-13-4-3-5-14(10-13)11-16-7-6-15-12-17(21-2)8-9-18(15)19(16)20/h3-5,8-12H,6-7H2,1-2H3/b16-11+. The number of benzene rings is 2. The van der Waals surface area contributed by atoms with Crippen molar-refractivity contribution in [3.8, 4) is 5.75 Å². The van der Waals surface area contributed by atoms with Gasteiger partial charge in [0.15, 0.2) is 5.78 Å². The summed E-state index contributed by atoms with van der Waals surface area (Å²) in [5.74, 6) is 0.952. The molecule has 2 nitrogen and oxygen atoms in total. The van der Waals surface area contributed by atoms with E-state index in [-0.39, 0.29) is 5.78 Å². The number of ketones is 1. The summed E-state index contributed by atoms with van der Waals surface area (Å²) in [4.78, 5) is 12.6. The van der Waals surface area contributed by atoms with E-state index < -0.39 is 0 Å². The van der Waals surface area contributed by atoms with Gasteiger partial charge >= 0.3 is 0 Å². The summed E-state index contributed by atoms with van der Waals surface area (Å²) < 4.78 is 5.23. The summed E-state index contributed by atoms with van der Waals surface area (Å²) in [5, 5.41) is 0. The van der Waals surface area contributed by atoms with E-state index >= 15 is 0 Å². The molecule has 0 atom stereocenters. The zero-order chi connectivity index (χ0) is 14.8. The first kappa shape index (κ1) is 13.6. The van der Waals surface area contributed by atoms with Gasteiger partial charge in [0.05, 0.1) is 7.11 Å². The highest BCUT2D eigenvalue weighted by Crippen LogP contribution is 2.29. The van der Waals surface area contributed by atoms with Crippen LogP contribution >= 0.6 is 0 Å². The SMILES string of the molecule is COc1ccc2c(c1)CC/C(=C\c1cccc(C)c1)C2=O. The van der Waals surface area contributed by atoms with Crippen molar-refractivity contribution in [1.82, 2.24) is 0 Å². The molecule has 106 valence electrons. The average Bonchev–Trinajstić information content (AvgIpc) is 2.50. The quantitative estimate of drug-likeness (QED) is 0.769. The highest BCUT2D eigenvalue weighted by atomic mass is 16.5. The first-order valence-corrected chi connectivity index (χ1v) is 7.16. The molecule has 2 aromatic rings. The molecule has 2 heteroatoms. The summed E-state index contributed by atoms with van der Waals surface area (Å²) in [7, 11) is 1.65.